The van der Waals surface area contributed by atoms with Gasteiger partial charge in [-0.2, -0.15) is 8.42 Å². The van der Waals surface area contributed by atoms with Crippen LogP contribution in [0.1, 0.15) is 77.3 Å². The van der Waals surface area contributed by atoms with E-state index in [1.807, 2.05) is 31.2 Å². The molecule has 0 fully saturated rings. The first-order valence-electron chi connectivity index (χ1n) is 16.6. The number of carbonyl (C=O) groups excluding carboxylic acids is 2. The van der Waals surface area contributed by atoms with E-state index in [0.29, 0.717) is 57.5 Å². The monoisotopic (exact) mass is 813 g/mol. The molecule has 258 valence electrons. The van der Waals surface area contributed by atoms with Gasteiger partial charge in [-0.1, -0.05) is 69.6 Å². The van der Waals surface area contributed by atoms with Crippen LogP contribution in [0.2, 0.25) is 5.02 Å². The van der Waals surface area contributed by atoms with Crippen molar-refractivity contribution in [3.05, 3.63) is 109 Å². The average Bonchev–Trinajstić information content (AvgIpc) is 3.01. The standard InChI is InChI=1S/C39H41ClINO6S/c1-6-47-33-19-25(18-28(41)37(33)48-49(45,46)27-14-12-26(40)13-15-27)34-35-29(20-38(2,3)22-31(35)43)42(17-16-24-10-8-7-9-11-24)30-21-39(4,5)23-32(44)36(30)34/h7-15,18-19,34H,6,16-17,20-23H2,1-5H3. The zero-order valence-corrected chi connectivity index (χ0v) is 32.2. The van der Waals surface area contributed by atoms with Crippen LogP contribution in [0.3, 0.4) is 0 Å². The normalized spacial score (nSPS) is 19.1. The Morgan fingerprint density at radius 2 is 1.43 bits per heavy atom. The smallest absolute Gasteiger partial charge is 0.339 e. The van der Waals surface area contributed by atoms with Gasteiger partial charge in [0, 0.05) is 52.9 Å². The van der Waals surface area contributed by atoms with Gasteiger partial charge in [-0.05, 0) is 107 Å². The van der Waals surface area contributed by atoms with Crippen LogP contribution in [0, 0.1) is 14.4 Å². The molecule has 3 aromatic carbocycles. The number of halogens is 2. The number of carbonyl (C=O) groups is 2. The topological polar surface area (TPSA) is 90.0 Å². The Kier molecular flexibility index (Phi) is 9.85. The van der Waals surface area contributed by atoms with Crippen molar-refractivity contribution >= 4 is 55.9 Å². The van der Waals surface area contributed by atoms with Gasteiger partial charge in [-0.15, -0.1) is 0 Å². The molecule has 10 heteroatoms. The number of hydrogen-bond acceptors (Lipinski definition) is 7. The molecule has 0 unspecified atom stereocenters. The van der Waals surface area contributed by atoms with Crippen LogP contribution >= 0.6 is 34.2 Å². The Morgan fingerprint density at radius 3 is 1.98 bits per heavy atom. The van der Waals surface area contributed by atoms with E-state index in [-0.39, 0.29) is 45.4 Å². The number of nitrogens with zero attached hydrogens (tertiary/aromatic N) is 1. The summed E-state index contributed by atoms with van der Waals surface area (Å²) in [6.45, 7) is 11.2. The highest BCUT2D eigenvalue weighted by Gasteiger charge is 2.49. The lowest BCUT2D eigenvalue weighted by molar-refractivity contribution is -0.119. The molecular formula is C39H41ClINO6S. The number of ketones is 2. The summed E-state index contributed by atoms with van der Waals surface area (Å²) in [4.78, 5) is 30.9. The highest BCUT2D eigenvalue weighted by molar-refractivity contribution is 14.1. The minimum absolute atomic E-state index is 0.0313. The fourth-order valence-corrected chi connectivity index (χ4v) is 9.36. The summed E-state index contributed by atoms with van der Waals surface area (Å²) in [6.07, 6.45) is 2.89. The first kappa shape index (κ1) is 35.7. The van der Waals surface area contributed by atoms with E-state index in [1.54, 1.807) is 6.07 Å². The van der Waals surface area contributed by atoms with E-state index < -0.39 is 16.0 Å². The molecule has 0 saturated heterocycles. The molecule has 0 bridgehead atoms. The van der Waals surface area contributed by atoms with Crippen LogP contribution in [-0.2, 0) is 26.1 Å². The molecule has 2 aliphatic carbocycles. The van der Waals surface area contributed by atoms with Crippen LogP contribution in [0.4, 0.5) is 0 Å². The first-order valence-corrected chi connectivity index (χ1v) is 19.5. The maximum atomic E-state index is 14.3. The largest absolute Gasteiger partial charge is 0.490 e. The molecule has 0 aromatic heterocycles. The molecule has 0 amide bonds. The van der Waals surface area contributed by atoms with Crippen molar-refractivity contribution in [1.82, 2.24) is 4.90 Å². The maximum Gasteiger partial charge on any atom is 0.339 e. The third kappa shape index (κ3) is 7.35. The number of benzene rings is 3. The van der Waals surface area contributed by atoms with Crippen LogP contribution in [0.5, 0.6) is 11.5 Å². The van der Waals surface area contributed by atoms with Gasteiger partial charge < -0.3 is 13.8 Å². The van der Waals surface area contributed by atoms with E-state index in [1.165, 1.54) is 29.8 Å². The van der Waals surface area contributed by atoms with Crippen molar-refractivity contribution in [2.75, 3.05) is 13.2 Å². The summed E-state index contributed by atoms with van der Waals surface area (Å²) in [5.41, 5.74) is 4.65. The fourth-order valence-electron chi connectivity index (χ4n) is 7.39. The van der Waals surface area contributed by atoms with Gasteiger partial charge in [0.2, 0.25) is 0 Å². The molecule has 0 radical (unpaired) electrons. The van der Waals surface area contributed by atoms with E-state index in [4.69, 9.17) is 20.5 Å². The van der Waals surface area contributed by atoms with Crippen molar-refractivity contribution in [1.29, 1.82) is 0 Å². The number of hydrogen-bond donors (Lipinski definition) is 0. The zero-order valence-electron chi connectivity index (χ0n) is 28.4. The SMILES string of the molecule is CCOc1cc(C2C3=C(CC(C)(C)CC3=O)N(CCc3ccccc3)C3=C2C(=O)CC(C)(C)C3)cc(I)c1OS(=O)(=O)c1ccc(Cl)cc1. The second kappa shape index (κ2) is 13.5. The number of rotatable bonds is 9. The van der Waals surface area contributed by atoms with Crippen molar-refractivity contribution in [3.63, 3.8) is 0 Å². The Morgan fingerprint density at radius 1 is 0.857 bits per heavy atom. The summed E-state index contributed by atoms with van der Waals surface area (Å²) in [5, 5.41) is 0.405. The first-order chi connectivity index (χ1) is 23.1. The van der Waals surface area contributed by atoms with Crippen LogP contribution < -0.4 is 8.92 Å². The Bertz CT molecular complexity index is 1930. The number of ether oxygens (including phenoxy) is 1. The molecule has 3 aromatic rings. The molecule has 1 aliphatic heterocycles. The van der Waals surface area contributed by atoms with Gasteiger partial charge in [0.25, 0.3) is 0 Å². The average molecular weight is 814 g/mol. The minimum atomic E-state index is -4.23. The van der Waals surface area contributed by atoms with Gasteiger partial charge in [0.05, 0.1) is 10.2 Å². The van der Waals surface area contributed by atoms with Gasteiger partial charge in [-0.25, -0.2) is 0 Å². The number of Topliss-reactive ketones (excluding diaryl/α,β-unsaturated/α-hetero) is 2. The lowest BCUT2D eigenvalue weighted by atomic mass is 9.63. The van der Waals surface area contributed by atoms with Crippen LogP contribution in [0.15, 0.2) is 94.2 Å². The van der Waals surface area contributed by atoms with Gasteiger partial charge in [-0.3, -0.25) is 9.59 Å². The quantitative estimate of drug-likeness (QED) is 0.157. The van der Waals surface area contributed by atoms with E-state index in [2.05, 4.69) is 67.3 Å². The predicted octanol–water partition coefficient (Wildman–Crippen LogP) is 9.04. The second-order valence-corrected chi connectivity index (χ2v) is 17.8. The highest BCUT2D eigenvalue weighted by Crippen LogP contribution is 2.55. The fraction of sp³-hybridized carbons (Fsp3) is 0.385. The summed E-state index contributed by atoms with van der Waals surface area (Å²) in [5.74, 6) is -0.269. The van der Waals surface area contributed by atoms with Crippen LogP contribution in [0.25, 0.3) is 0 Å². The van der Waals surface area contributed by atoms with Crippen LogP contribution in [-0.4, -0.2) is 38.0 Å². The zero-order chi connectivity index (χ0) is 35.3. The summed E-state index contributed by atoms with van der Waals surface area (Å²) < 4.78 is 38.9. The lowest BCUT2D eigenvalue weighted by Crippen LogP contribution is -2.45. The molecule has 49 heavy (non-hydrogen) atoms. The Hall–Kier alpha value is -3.15. The van der Waals surface area contributed by atoms with E-state index in [0.717, 1.165) is 17.8 Å². The third-order valence-electron chi connectivity index (χ3n) is 9.45. The van der Waals surface area contributed by atoms with Gasteiger partial charge >= 0.3 is 10.1 Å². The van der Waals surface area contributed by atoms with Crippen molar-refractivity contribution in [2.45, 2.75) is 77.5 Å². The molecule has 0 saturated carbocycles. The molecule has 7 nitrogen and oxygen atoms in total. The third-order valence-corrected chi connectivity index (χ3v) is 11.7. The van der Waals surface area contributed by atoms with Crippen molar-refractivity contribution < 1.29 is 26.9 Å². The highest BCUT2D eigenvalue weighted by atomic mass is 127. The lowest BCUT2D eigenvalue weighted by Gasteiger charge is -2.49. The van der Waals surface area contributed by atoms with Crippen molar-refractivity contribution in [3.8, 4) is 11.5 Å². The molecule has 0 atom stereocenters. The minimum Gasteiger partial charge on any atom is -0.490 e. The van der Waals surface area contributed by atoms with E-state index >= 15 is 0 Å². The predicted molar refractivity (Wildman–Crippen MR) is 199 cm³/mol. The Labute approximate surface area is 308 Å². The molecule has 0 N–H and O–H groups in total. The molecule has 3 aliphatic rings. The van der Waals surface area contributed by atoms with Gasteiger partial charge in [0.15, 0.2) is 23.1 Å². The molecule has 1 heterocycles. The molecular weight excluding hydrogens is 773 g/mol. The second-order valence-electron chi connectivity index (χ2n) is 14.7. The summed E-state index contributed by atoms with van der Waals surface area (Å²) in [6, 6.07) is 19.6. The number of allylic oxidation sites excluding steroid dienone is 4. The molecule has 6 rings (SSSR count). The molecule has 0 spiro atoms. The summed E-state index contributed by atoms with van der Waals surface area (Å²) in [7, 11) is -4.23. The van der Waals surface area contributed by atoms with Crippen molar-refractivity contribution in [2.24, 2.45) is 10.8 Å². The Balaban J connectivity index is 1.51. The summed E-state index contributed by atoms with van der Waals surface area (Å²) >= 11 is 8.04. The maximum absolute atomic E-state index is 14.3. The van der Waals surface area contributed by atoms with E-state index in [9.17, 15) is 18.0 Å². The van der Waals surface area contributed by atoms with Gasteiger partial charge in [0.1, 0.15) is 4.90 Å².